The van der Waals surface area contributed by atoms with Crippen LogP contribution in [-0.2, 0) is 0 Å². The Hall–Kier alpha value is -3.66. The standard InChI is InChI=1S/C23H19N3O/c1-17-16-22(25-26(17)19-12-6-3-7-13-19)23(27)24-21-15-9-8-14-20(21)18-10-4-2-5-11-18/h2-16H,1H3,(H,24,27). The fourth-order valence-corrected chi connectivity index (χ4v) is 3.06. The molecule has 0 spiro atoms. The Morgan fingerprint density at radius 1 is 0.852 bits per heavy atom. The number of para-hydroxylation sites is 2. The fourth-order valence-electron chi connectivity index (χ4n) is 3.06. The van der Waals surface area contributed by atoms with Gasteiger partial charge >= 0.3 is 0 Å². The van der Waals surface area contributed by atoms with Crippen LogP contribution in [0.3, 0.4) is 0 Å². The van der Waals surface area contributed by atoms with Gasteiger partial charge < -0.3 is 5.32 Å². The van der Waals surface area contributed by atoms with Gasteiger partial charge in [-0.25, -0.2) is 4.68 Å². The van der Waals surface area contributed by atoms with E-state index in [-0.39, 0.29) is 5.91 Å². The topological polar surface area (TPSA) is 46.9 Å². The molecule has 3 aromatic carbocycles. The number of aromatic nitrogens is 2. The molecule has 0 aliphatic heterocycles. The van der Waals surface area contributed by atoms with E-state index >= 15 is 0 Å². The number of nitrogens with one attached hydrogen (secondary N) is 1. The number of amides is 1. The smallest absolute Gasteiger partial charge is 0.276 e. The minimum absolute atomic E-state index is 0.226. The number of carbonyl (C=O) groups is 1. The van der Waals surface area contributed by atoms with Gasteiger partial charge in [-0.05, 0) is 36.8 Å². The van der Waals surface area contributed by atoms with E-state index in [1.807, 2.05) is 91.9 Å². The maximum Gasteiger partial charge on any atom is 0.276 e. The first-order chi connectivity index (χ1) is 13.2. The summed E-state index contributed by atoms with van der Waals surface area (Å²) in [4.78, 5) is 12.8. The van der Waals surface area contributed by atoms with Crippen LogP contribution >= 0.6 is 0 Å². The quantitative estimate of drug-likeness (QED) is 0.555. The summed E-state index contributed by atoms with van der Waals surface area (Å²) in [6, 6.07) is 29.4. The van der Waals surface area contributed by atoms with Gasteiger partial charge in [-0.15, -0.1) is 0 Å². The van der Waals surface area contributed by atoms with Crippen molar-refractivity contribution in [2.24, 2.45) is 0 Å². The van der Waals surface area contributed by atoms with Crippen molar-refractivity contribution in [3.05, 3.63) is 102 Å². The molecule has 0 bridgehead atoms. The molecule has 0 aliphatic carbocycles. The van der Waals surface area contributed by atoms with E-state index in [9.17, 15) is 4.79 Å². The van der Waals surface area contributed by atoms with Crippen LogP contribution in [0.15, 0.2) is 91.0 Å². The minimum atomic E-state index is -0.226. The number of hydrogen-bond donors (Lipinski definition) is 1. The third kappa shape index (κ3) is 3.51. The number of carbonyl (C=O) groups excluding carboxylic acids is 1. The predicted octanol–water partition coefficient (Wildman–Crippen LogP) is 5.10. The summed E-state index contributed by atoms with van der Waals surface area (Å²) < 4.78 is 1.78. The van der Waals surface area contributed by atoms with E-state index in [4.69, 9.17) is 0 Å². The summed E-state index contributed by atoms with van der Waals surface area (Å²) in [5.74, 6) is -0.226. The van der Waals surface area contributed by atoms with Crippen LogP contribution in [0.5, 0.6) is 0 Å². The molecule has 4 aromatic rings. The van der Waals surface area contributed by atoms with Crippen molar-refractivity contribution in [2.45, 2.75) is 6.92 Å². The Kier molecular flexibility index (Phi) is 4.54. The van der Waals surface area contributed by atoms with Gasteiger partial charge in [-0.1, -0.05) is 66.7 Å². The number of anilines is 1. The van der Waals surface area contributed by atoms with Crippen molar-refractivity contribution in [3.8, 4) is 16.8 Å². The van der Waals surface area contributed by atoms with E-state index in [1.54, 1.807) is 10.7 Å². The summed E-state index contributed by atoms with van der Waals surface area (Å²) in [5.41, 5.74) is 5.02. The largest absolute Gasteiger partial charge is 0.320 e. The SMILES string of the molecule is Cc1cc(C(=O)Nc2ccccc2-c2ccccc2)nn1-c1ccccc1. The minimum Gasteiger partial charge on any atom is -0.320 e. The van der Waals surface area contributed by atoms with E-state index in [1.165, 1.54) is 0 Å². The van der Waals surface area contributed by atoms with E-state index in [2.05, 4.69) is 10.4 Å². The van der Waals surface area contributed by atoms with Gasteiger partial charge in [0.2, 0.25) is 0 Å². The highest BCUT2D eigenvalue weighted by Gasteiger charge is 2.15. The van der Waals surface area contributed by atoms with Crippen LogP contribution < -0.4 is 5.32 Å². The van der Waals surface area contributed by atoms with Gasteiger partial charge in [0.1, 0.15) is 0 Å². The van der Waals surface area contributed by atoms with E-state index < -0.39 is 0 Å². The Morgan fingerprint density at radius 3 is 2.22 bits per heavy atom. The second kappa shape index (κ2) is 7.30. The van der Waals surface area contributed by atoms with Gasteiger partial charge in [0, 0.05) is 16.9 Å². The summed E-state index contributed by atoms with van der Waals surface area (Å²) in [6.45, 7) is 1.94. The molecule has 0 saturated carbocycles. The lowest BCUT2D eigenvalue weighted by atomic mass is 10.0. The zero-order chi connectivity index (χ0) is 18.6. The summed E-state index contributed by atoms with van der Waals surface area (Å²) in [6.07, 6.45) is 0. The maximum absolute atomic E-state index is 12.8. The molecule has 0 fully saturated rings. The van der Waals surface area contributed by atoms with Crippen molar-refractivity contribution in [1.29, 1.82) is 0 Å². The normalized spacial score (nSPS) is 10.6. The van der Waals surface area contributed by atoms with Crippen LogP contribution in [0, 0.1) is 6.92 Å². The number of rotatable bonds is 4. The highest BCUT2D eigenvalue weighted by Crippen LogP contribution is 2.28. The first kappa shape index (κ1) is 16.8. The molecule has 0 unspecified atom stereocenters. The van der Waals surface area contributed by atoms with Crippen molar-refractivity contribution in [2.75, 3.05) is 5.32 Å². The van der Waals surface area contributed by atoms with Gasteiger partial charge in [0.25, 0.3) is 5.91 Å². The Labute approximate surface area is 158 Å². The molecule has 27 heavy (non-hydrogen) atoms. The van der Waals surface area contributed by atoms with Gasteiger partial charge in [-0.2, -0.15) is 5.10 Å². The Morgan fingerprint density at radius 2 is 1.48 bits per heavy atom. The monoisotopic (exact) mass is 353 g/mol. The molecule has 1 N–H and O–H groups in total. The Balaban J connectivity index is 1.63. The third-order valence-corrected chi connectivity index (χ3v) is 4.38. The summed E-state index contributed by atoms with van der Waals surface area (Å²) in [7, 11) is 0. The molecule has 0 radical (unpaired) electrons. The number of aryl methyl sites for hydroxylation is 1. The Bertz CT molecular complexity index is 1070. The van der Waals surface area contributed by atoms with Crippen LogP contribution in [0.1, 0.15) is 16.2 Å². The first-order valence-electron chi connectivity index (χ1n) is 8.80. The molecule has 4 nitrogen and oxygen atoms in total. The average Bonchev–Trinajstić information content (AvgIpc) is 3.12. The molecule has 0 aliphatic rings. The van der Waals surface area contributed by atoms with Gasteiger partial charge in [0.05, 0.1) is 5.69 Å². The molecule has 1 amide bonds. The highest BCUT2D eigenvalue weighted by atomic mass is 16.1. The van der Waals surface area contributed by atoms with Gasteiger partial charge in [0.15, 0.2) is 5.69 Å². The molecule has 4 heteroatoms. The van der Waals surface area contributed by atoms with Crippen LogP contribution in [-0.4, -0.2) is 15.7 Å². The van der Waals surface area contributed by atoms with Crippen molar-refractivity contribution < 1.29 is 4.79 Å². The zero-order valence-electron chi connectivity index (χ0n) is 15.0. The molecule has 0 saturated heterocycles. The molecule has 1 heterocycles. The lowest BCUT2D eigenvalue weighted by Crippen LogP contribution is -2.13. The second-order valence-corrected chi connectivity index (χ2v) is 6.28. The van der Waals surface area contributed by atoms with Crippen LogP contribution in [0.4, 0.5) is 5.69 Å². The summed E-state index contributed by atoms with van der Waals surface area (Å²) >= 11 is 0. The molecule has 132 valence electrons. The molecular weight excluding hydrogens is 334 g/mol. The second-order valence-electron chi connectivity index (χ2n) is 6.28. The van der Waals surface area contributed by atoms with Crippen molar-refractivity contribution in [3.63, 3.8) is 0 Å². The van der Waals surface area contributed by atoms with E-state index in [0.717, 1.165) is 28.2 Å². The van der Waals surface area contributed by atoms with Crippen molar-refractivity contribution >= 4 is 11.6 Å². The number of hydrogen-bond acceptors (Lipinski definition) is 2. The summed E-state index contributed by atoms with van der Waals surface area (Å²) in [5, 5.41) is 7.49. The van der Waals surface area contributed by atoms with Crippen LogP contribution in [0.25, 0.3) is 16.8 Å². The predicted molar refractivity (Wildman–Crippen MR) is 108 cm³/mol. The molecular formula is C23H19N3O. The number of nitrogens with zero attached hydrogens (tertiary/aromatic N) is 2. The zero-order valence-corrected chi connectivity index (χ0v) is 15.0. The lowest BCUT2D eigenvalue weighted by molar-refractivity contribution is 0.102. The lowest BCUT2D eigenvalue weighted by Gasteiger charge is -2.10. The molecule has 0 atom stereocenters. The van der Waals surface area contributed by atoms with Gasteiger partial charge in [-0.3, -0.25) is 4.79 Å². The highest BCUT2D eigenvalue weighted by molar-refractivity contribution is 6.05. The van der Waals surface area contributed by atoms with Crippen molar-refractivity contribution in [1.82, 2.24) is 9.78 Å². The maximum atomic E-state index is 12.8. The third-order valence-electron chi connectivity index (χ3n) is 4.38. The average molecular weight is 353 g/mol. The fraction of sp³-hybridized carbons (Fsp3) is 0.0435. The first-order valence-corrected chi connectivity index (χ1v) is 8.80. The molecule has 1 aromatic heterocycles. The molecule has 4 rings (SSSR count). The number of benzene rings is 3. The van der Waals surface area contributed by atoms with E-state index in [0.29, 0.717) is 5.69 Å². The van der Waals surface area contributed by atoms with Crippen LogP contribution in [0.2, 0.25) is 0 Å².